The van der Waals surface area contributed by atoms with Crippen LogP contribution in [-0.4, -0.2) is 51.1 Å². The Labute approximate surface area is 183 Å². The minimum atomic E-state index is -0.649. The number of benzene rings is 2. The molecule has 7 heteroatoms. The first-order valence-electron chi connectivity index (χ1n) is 10.3. The molecule has 166 valence electrons. The lowest BCUT2D eigenvalue weighted by Crippen LogP contribution is -2.51. The average Bonchev–Trinajstić information content (AvgIpc) is 2.81. The number of likely N-dealkylation sites (tertiary alicyclic amines) is 1. The molecule has 3 rings (SSSR count). The van der Waals surface area contributed by atoms with E-state index in [1.54, 1.807) is 44.4 Å². The first-order chi connectivity index (χ1) is 14.9. The lowest BCUT2D eigenvalue weighted by molar-refractivity contribution is -0.132. The molecule has 0 radical (unpaired) electrons. The van der Waals surface area contributed by atoms with E-state index in [1.807, 2.05) is 31.2 Å². The molecule has 1 unspecified atom stereocenters. The van der Waals surface area contributed by atoms with Gasteiger partial charge in [0, 0.05) is 31.3 Å². The molecule has 1 saturated heterocycles. The minimum absolute atomic E-state index is 0.0518. The molecule has 0 saturated carbocycles. The first-order valence-corrected chi connectivity index (χ1v) is 10.3. The maximum absolute atomic E-state index is 13.2. The molecule has 2 amide bonds. The molecule has 0 aromatic heterocycles. The van der Waals surface area contributed by atoms with Crippen LogP contribution in [0.3, 0.4) is 0 Å². The summed E-state index contributed by atoms with van der Waals surface area (Å²) >= 11 is 0. The van der Waals surface area contributed by atoms with E-state index in [9.17, 15) is 9.59 Å². The smallest absolute Gasteiger partial charge is 0.254 e. The van der Waals surface area contributed by atoms with Crippen molar-refractivity contribution in [2.45, 2.75) is 26.3 Å². The van der Waals surface area contributed by atoms with Crippen molar-refractivity contribution in [3.05, 3.63) is 53.6 Å². The lowest BCUT2D eigenvalue weighted by atomic mass is 9.80. The summed E-state index contributed by atoms with van der Waals surface area (Å²) in [6.45, 7) is 3.32. The van der Waals surface area contributed by atoms with Gasteiger partial charge in [-0.05, 0) is 49.6 Å². The molecule has 1 aliphatic rings. The molecule has 0 aliphatic carbocycles. The minimum Gasteiger partial charge on any atom is -0.497 e. The third-order valence-electron chi connectivity index (χ3n) is 5.74. The van der Waals surface area contributed by atoms with E-state index in [0.29, 0.717) is 36.7 Å². The summed E-state index contributed by atoms with van der Waals surface area (Å²) in [5, 5.41) is 3.02. The second-order valence-corrected chi connectivity index (χ2v) is 8.02. The topological polar surface area (TPSA) is 77.1 Å². The van der Waals surface area contributed by atoms with Crippen molar-refractivity contribution < 1.29 is 23.8 Å². The van der Waals surface area contributed by atoms with Gasteiger partial charge >= 0.3 is 0 Å². The second kappa shape index (κ2) is 9.73. The maximum Gasteiger partial charge on any atom is 0.254 e. The van der Waals surface area contributed by atoms with Gasteiger partial charge in [-0.3, -0.25) is 9.59 Å². The number of methoxy groups -OCH3 is 3. The highest BCUT2D eigenvalue weighted by atomic mass is 16.5. The lowest BCUT2D eigenvalue weighted by Gasteiger charge is -2.39. The van der Waals surface area contributed by atoms with Crippen LogP contribution < -0.4 is 19.5 Å². The van der Waals surface area contributed by atoms with Crippen LogP contribution in [-0.2, 0) is 11.3 Å². The number of rotatable bonds is 7. The van der Waals surface area contributed by atoms with Crippen LogP contribution in [0.5, 0.6) is 17.2 Å². The number of hydrogen-bond acceptors (Lipinski definition) is 5. The van der Waals surface area contributed by atoms with Gasteiger partial charge in [-0.1, -0.05) is 12.1 Å². The molecule has 1 fully saturated rings. The standard InChI is InChI=1S/C24H30N2O5/c1-24(23(28)25-15-17-6-8-19(29-2)9-7-17)10-5-11-26(16-24)22(27)18-12-20(30-3)14-21(13-18)31-4/h6-9,12-14H,5,10-11,15-16H2,1-4H3,(H,25,28). The molecule has 2 aromatic rings. The van der Waals surface area contributed by atoms with Crippen molar-refractivity contribution in [2.75, 3.05) is 34.4 Å². The highest BCUT2D eigenvalue weighted by Gasteiger charge is 2.39. The van der Waals surface area contributed by atoms with Gasteiger partial charge in [0.1, 0.15) is 17.2 Å². The van der Waals surface area contributed by atoms with E-state index >= 15 is 0 Å². The molecular formula is C24H30N2O5. The van der Waals surface area contributed by atoms with Gasteiger partial charge in [0.15, 0.2) is 0 Å². The largest absolute Gasteiger partial charge is 0.497 e. The molecule has 7 nitrogen and oxygen atoms in total. The quantitative estimate of drug-likeness (QED) is 0.735. The van der Waals surface area contributed by atoms with Crippen LogP contribution in [0.1, 0.15) is 35.7 Å². The van der Waals surface area contributed by atoms with E-state index in [0.717, 1.165) is 24.2 Å². The van der Waals surface area contributed by atoms with Crippen LogP contribution in [0.4, 0.5) is 0 Å². The number of nitrogens with zero attached hydrogens (tertiary/aromatic N) is 1. The Morgan fingerprint density at radius 1 is 0.968 bits per heavy atom. The molecule has 0 spiro atoms. The van der Waals surface area contributed by atoms with Crippen molar-refractivity contribution in [3.8, 4) is 17.2 Å². The Hall–Kier alpha value is -3.22. The number of carbonyl (C=O) groups is 2. The van der Waals surface area contributed by atoms with E-state index in [2.05, 4.69) is 5.32 Å². The zero-order valence-electron chi connectivity index (χ0n) is 18.6. The predicted molar refractivity (Wildman–Crippen MR) is 118 cm³/mol. The predicted octanol–water partition coefficient (Wildman–Crippen LogP) is 3.27. The van der Waals surface area contributed by atoms with Crippen molar-refractivity contribution in [2.24, 2.45) is 5.41 Å². The maximum atomic E-state index is 13.2. The number of nitrogens with one attached hydrogen (secondary N) is 1. The van der Waals surface area contributed by atoms with Crippen molar-refractivity contribution in [1.29, 1.82) is 0 Å². The van der Waals surface area contributed by atoms with Crippen LogP contribution in [0, 0.1) is 5.41 Å². The van der Waals surface area contributed by atoms with Crippen molar-refractivity contribution in [1.82, 2.24) is 10.2 Å². The molecule has 0 bridgehead atoms. The molecule has 1 atom stereocenters. The zero-order valence-corrected chi connectivity index (χ0v) is 18.6. The molecular weight excluding hydrogens is 396 g/mol. The fourth-order valence-electron chi connectivity index (χ4n) is 3.85. The third-order valence-corrected chi connectivity index (χ3v) is 5.74. The van der Waals surface area contributed by atoms with Gasteiger partial charge in [0.05, 0.1) is 26.7 Å². The first kappa shape index (κ1) is 22.5. The molecule has 31 heavy (non-hydrogen) atoms. The van der Waals surface area contributed by atoms with Gasteiger partial charge in [0.25, 0.3) is 5.91 Å². The second-order valence-electron chi connectivity index (χ2n) is 8.02. The summed E-state index contributed by atoms with van der Waals surface area (Å²) in [7, 11) is 4.72. The van der Waals surface area contributed by atoms with Gasteiger partial charge in [-0.25, -0.2) is 0 Å². The SMILES string of the molecule is COc1ccc(CNC(=O)C2(C)CCCN(C(=O)c3cc(OC)cc(OC)c3)C2)cc1. The Kier molecular flexibility index (Phi) is 7.05. The zero-order chi connectivity index (χ0) is 22.4. The van der Waals surface area contributed by atoms with E-state index in [1.165, 1.54) is 0 Å². The van der Waals surface area contributed by atoms with Gasteiger partial charge < -0.3 is 24.4 Å². The fraction of sp³-hybridized carbons (Fsp3) is 0.417. The number of hydrogen-bond donors (Lipinski definition) is 1. The van der Waals surface area contributed by atoms with E-state index in [-0.39, 0.29) is 11.8 Å². The monoisotopic (exact) mass is 426 g/mol. The number of carbonyl (C=O) groups excluding carboxylic acids is 2. The summed E-state index contributed by atoms with van der Waals surface area (Å²) in [5.41, 5.74) is 0.827. The summed E-state index contributed by atoms with van der Waals surface area (Å²) in [5.74, 6) is 1.70. The Morgan fingerprint density at radius 2 is 1.58 bits per heavy atom. The number of piperidine rings is 1. The van der Waals surface area contributed by atoms with Crippen LogP contribution in [0.2, 0.25) is 0 Å². The number of amides is 2. The highest BCUT2D eigenvalue weighted by Crippen LogP contribution is 2.32. The van der Waals surface area contributed by atoms with Gasteiger partial charge in [0.2, 0.25) is 5.91 Å². The van der Waals surface area contributed by atoms with E-state index < -0.39 is 5.41 Å². The fourth-order valence-corrected chi connectivity index (χ4v) is 3.85. The summed E-state index contributed by atoms with van der Waals surface area (Å²) in [4.78, 5) is 27.9. The Morgan fingerprint density at radius 3 is 2.16 bits per heavy atom. The molecule has 1 N–H and O–H groups in total. The van der Waals surface area contributed by atoms with Crippen LogP contribution in [0.25, 0.3) is 0 Å². The number of ether oxygens (including phenoxy) is 3. The van der Waals surface area contributed by atoms with Gasteiger partial charge in [-0.15, -0.1) is 0 Å². The van der Waals surface area contributed by atoms with Crippen LogP contribution >= 0.6 is 0 Å². The summed E-state index contributed by atoms with van der Waals surface area (Å²) in [6, 6.07) is 12.7. The van der Waals surface area contributed by atoms with Crippen molar-refractivity contribution >= 4 is 11.8 Å². The van der Waals surface area contributed by atoms with Crippen LogP contribution in [0.15, 0.2) is 42.5 Å². The summed E-state index contributed by atoms with van der Waals surface area (Å²) in [6.07, 6.45) is 1.49. The Bertz CT molecular complexity index is 906. The average molecular weight is 427 g/mol. The third kappa shape index (κ3) is 5.29. The normalized spacial score (nSPS) is 18.3. The van der Waals surface area contributed by atoms with Gasteiger partial charge in [-0.2, -0.15) is 0 Å². The van der Waals surface area contributed by atoms with E-state index in [4.69, 9.17) is 14.2 Å². The summed E-state index contributed by atoms with van der Waals surface area (Å²) < 4.78 is 15.7. The molecule has 1 heterocycles. The highest BCUT2D eigenvalue weighted by molar-refractivity contribution is 5.96. The van der Waals surface area contributed by atoms with Crippen molar-refractivity contribution in [3.63, 3.8) is 0 Å². The Balaban J connectivity index is 1.67. The molecule has 2 aromatic carbocycles. The molecule has 1 aliphatic heterocycles.